The number of halogens is 6. The number of hydrogen-bond donors (Lipinski definition) is 1. The van der Waals surface area contributed by atoms with Crippen LogP contribution in [-0.4, -0.2) is 34.7 Å². The van der Waals surface area contributed by atoms with E-state index < -0.39 is 54.2 Å². The third kappa shape index (κ3) is 6.66. The van der Waals surface area contributed by atoms with E-state index in [1.54, 1.807) is 13.8 Å². The molecule has 0 aliphatic carbocycles. The van der Waals surface area contributed by atoms with Gasteiger partial charge in [0.25, 0.3) is 0 Å². The predicted molar refractivity (Wildman–Crippen MR) is 122 cm³/mol. The molecule has 0 aromatic heterocycles. The Morgan fingerprint density at radius 3 is 2.16 bits per heavy atom. The number of ether oxygens (including phenoxy) is 1. The number of fused-ring (bicyclic) bond motifs is 1. The van der Waals surface area contributed by atoms with Gasteiger partial charge in [0.05, 0.1) is 29.0 Å². The third-order valence-electron chi connectivity index (χ3n) is 5.86. The molecule has 1 atom stereocenters. The van der Waals surface area contributed by atoms with Gasteiger partial charge in [0.15, 0.2) is 0 Å². The summed E-state index contributed by atoms with van der Waals surface area (Å²) in [7, 11) is 0. The Balaban J connectivity index is 2.07. The lowest BCUT2D eigenvalue weighted by atomic mass is 9.98. The number of rotatable bonds is 4. The number of phenolic OH excluding ortho intramolecular Hbond substituents is 1. The zero-order chi connectivity index (χ0) is 27.7. The van der Waals surface area contributed by atoms with E-state index in [-0.39, 0.29) is 36.0 Å². The van der Waals surface area contributed by atoms with Gasteiger partial charge in [-0.2, -0.15) is 26.3 Å². The maximum absolute atomic E-state index is 13.4. The molecule has 1 heterocycles. The summed E-state index contributed by atoms with van der Waals surface area (Å²) in [5.74, 6) is -0.767. The van der Waals surface area contributed by atoms with Crippen molar-refractivity contribution in [1.29, 1.82) is 0 Å². The normalized spacial score (nSPS) is 16.3. The van der Waals surface area contributed by atoms with Crippen LogP contribution in [0.25, 0.3) is 0 Å². The number of anilines is 1. The van der Waals surface area contributed by atoms with Crippen LogP contribution in [0.2, 0.25) is 0 Å². The van der Waals surface area contributed by atoms with Crippen molar-refractivity contribution in [1.82, 2.24) is 4.90 Å². The summed E-state index contributed by atoms with van der Waals surface area (Å²) in [6, 6.07) is 4.52. The Labute approximate surface area is 209 Å². The average Bonchev–Trinajstić information content (AvgIpc) is 2.94. The quantitative estimate of drug-likeness (QED) is 0.447. The van der Waals surface area contributed by atoms with Gasteiger partial charge in [0, 0.05) is 26.1 Å². The minimum atomic E-state index is -5.03. The summed E-state index contributed by atoms with van der Waals surface area (Å²) < 4.78 is 85.5. The van der Waals surface area contributed by atoms with Crippen LogP contribution >= 0.6 is 0 Å². The lowest BCUT2D eigenvalue weighted by molar-refractivity contribution is -0.143. The van der Waals surface area contributed by atoms with Crippen molar-refractivity contribution in [2.45, 2.75) is 64.7 Å². The highest BCUT2D eigenvalue weighted by atomic mass is 19.4. The summed E-state index contributed by atoms with van der Waals surface area (Å²) in [4.78, 5) is 27.9. The minimum absolute atomic E-state index is 0.0313. The molecule has 2 aromatic carbocycles. The van der Waals surface area contributed by atoms with Crippen LogP contribution in [-0.2, 0) is 28.4 Å². The number of hydrogen-bond acceptors (Lipinski definition) is 4. The zero-order valence-electron chi connectivity index (χ0n) is 20.3. The number of aromatic hydroxyl groups is 1. The van der Waals surface area contributed by atoms with Gasteiger partial charge in [-0.25, -0.2) is 4.79 Å². The Morgan fingerprint density at radius 1 is 1.05 bits per heavy atom. The first-order chi connectivity index (χ1) is 17.1. The topological polar surface area (TPSA) is 70.1 Å². The van der Waals surface area contributed by atoms with E-state index in [1.807, 2.05) is 0 Å². The third-order valence-corrected chi connectivity index (χ3v) is 5.86. The molecule has 0 bridgehead atoms. The maximum atomic E-state index is 13.4. The SMILES string of the molecule is CC(=O)N(Cc1cc(C(F)(F)F)cc(C(F)(F)F)c1)C1CCCN(C(=O)OC(C)C)c2cc(O)ccc21. The molecule has 3 rings (SSSR count). The Kier molecular flexibility index (Phi) is 7.99. The van der Waals surface area contributed by atoms with E-state index in [1.165, 1.54) is 28.0 Å². The molecule has 2 aromatic rings. The van der Waals surface area contributed by atoms with Crippen molar-refractivity contribution in [2.75, 3.05) is 11.4 Å². The molecule has 0 spiro atoms. The minimum Gasteiger partial charge on any atom is -0.508 e. The highest BCUT2D eigenvalue weighted by molar-refractivity contribution is 5.89. The first-order valence-corrected chi connectivity index (χ1v) is 11.4. The Morgan fingerprint density at radius 2 is 1.65 bits per heavy atom. The smallest absolute Gasteiger partial charge is 0.416 e. The summed E-state index contributed by atoms with van der Waals surface area (Å²) in [5, 5.41) is 10.1. The number of benzene rings is 2. The molecule has 202 valence electrons. The average molecular weight is 532 g/mol. The molecule has 0 saturated heterocycles. The largest absolute Gasteiger partial charge is 0.508 e. The van der Waals surface area contributed by atoms with E-state index in [0.717, 1.165) is 6.92 Å². The summed E-state index contributed by atoms with van der Waals surface area (Å²) in [6.45, 7) is 4.09. The van der Waals surface area contributed by atoms with Crippen LogP contribution in [0.5, 0.6) is 5.75 Å². The van der Waals surface area contributed by atoms with Gasteiger partial charge < -0.3 is 14.7 Å². The van der Waals surface area contributed by atoms with Crippen molar-refractivity contribution in [3.05, 3.63) is 58.7 Å². The molecule has 1 aliphatic rings. The van der Waals surface area contributed by atoms with Gasteiger partial charge in [0.1, 0.15) is 5.75 Å². The molecule has 37 heavy (non-hydrogen) atoms. The van der Waals surface area contributed by atoms with E-state index in [4.69, 9.17) is 4.74 Å². The van der Waals surface area contributed by atoms with E-state index in [9.17, 15) is 41.0 Å². The lowest BCUT2D eigenvalue weighted by Crippen LogP contribution is -2.34. The number of amides is 2. The van der Waals surface area contributed by atoms with E-state index >= 15 is 0 Å². The molecule has 6 nitrogen and oxygen atoms in total. The first kappa shape index (κ1) is 28.1. The Bertz CT molecular complexity index is 1130. The highest BCUT2D eigenvalue weighted by Crippen LogP contribution is 2.41. The van der Waals surface area contributed by atoms with Crippen molar-refractivity contribution in [3.8, 4) is 5.75 Å². The lowest BCUT2D eigenvalue weighted by Gasteiger charge is -2.32. The molecular weight excluding hydrogens is 506 g/mol. The first-order valence-electron chi connectivity index (χ1n) is 11.4. The van der Waals surface area contributed by atoms with Crippen LogP contribution < -0.4 is 4.90 Å². The van der Waals surface area contributed by atoms with Crippen LogP contribution in [0.15, 0.2) is 36.4 Å². The number of carbonyl (C=O) groups is 2. The highest BCUT2D eigenvalue weighted by Gasteiger charge is 2.38. The van der Waals surface area contributed by atoms with Crippen molar-refractivity contribution in [3.63, 3.8) is 0 Å². The predicted octanol–water partition coefficient (Wildman–Crippen LogP) is 6.66. The van der Waals surface area contributed by atoms with Crippen LogP contribution in [0.3, 0.4) is 0 Å². The number of carbonyl (C=O) groups excluding carboxylic acids is 2. The van der Waals surface area contributed by atoms with Crippen molar-refractivity contribution >= 4 is 17.7 Å². The standard InChI is InChI=1S/C25H26F6N2O4/c1-14(2)37-23(36)32-8-4-5-21(20-7-6-19(35)12-22(20)32)33(15(3)34)13-16-9-17(24(26,27)28)11-18(10-16)25(29,30)31/h6-7,9-12,14,21,35H,4-5,8,13H2,1-3H3. The number of alkyl halides is 6. The van der Waals surface area contributed by atoms with Crippen LogP contribution in [0.1, 0.15) is 61.9 Å². The Hall–Kier alpha value is -3.44. The molecular formula is C25H26F6N2O4. The molecule has 0 radical (unpaired) electrons. The molecule has 2 amide bonds. The van der Waals surface area contributed by atoms with E-state index in [0.29, 0.717) is 24.1 Å². The molecule has 1 N–H and O–H groups in total. The molecule has 1 unspecified atom stereocenters. The van der Waals surface area contributed by atoms with E-state index in [2.05, 4.69) is 0 Å². The van der Waals surface area contributed by atoms with Crippen LogP contribution in [0, 0.1) is 0 Å². The second-order valence-corrected chi connectivity index (χ2v) is 9.05. The second-order valence-electron chi connectivity index (χ2n) is 9.05. The molecule has 12 heteroatoms. The monoisotopic (exact) mass is 532 g/mol. The molecule has 0 fully saturated rings. The van der Waals surface area contributed by atoms with Crippen molar-refractivity contribution < 1.29 is 45.8 Å². The molecule has 1 aliphatic heterocycles. The fraction of sp³-hybridized carbons (Fsp3) is 0.440. The second kappa shape index (κ2) is 10.5. The zero-order valence-corrected chi connectivity index (χ0v) is 20.3. The number of nitrogens with zero attached hydrogens (tertiary/aromatic N) is 2. The molecule has 0 saturated carbocycles. The fourth-order valence-corrected chi connectivity index (χ4v) is 4.29. The fourth-order valence-electron chi connectivity index (χ4n) is 4.29. The van der Waals surface area contributed by atoms with Gasteiger partial charge in [-0.3, -0.25) is 9.69 Å². The van der Waals surface area contributed by atoms with Gasteiger partial charge in [-0.05, 0) is 62.1 Å². The summed E-state index contributed by atoms with van der Waals surface area (Å²) >= 11 is 0. The summed E-state index contributed by atoms with van der Waals surface area (Å²) in [5.41, 5.74) is -2.67. The van der Waals surface area contributed by atoms with Crippen molar-refractivity contribution in [2.24, 2.45) is 0 Å². The van der Waals surface area contributed by atoms with Gasteiger partial charge >= 0.3 is 18.4 Å². The van der Waals surface area contributed by atoms with Gasteiger partial charge in [-0.15, -0.1) is 0 Å². The van der Waals surface area contributed by atoms with Gasteiger partial charge in [-0.1, -0.05) is 6.07 Å². The maximum Gasteiger partial charge on any atom is 0.416 e. The summed E-state index contributed by atoms with van der Waals surface area (Å²) in [6.07, 6.45) is -10.6. The van der Waals surface area contributed by atoms with Crippen LogP contribution in [0.4, 0.5) is 36.8 Å². The van der Waals surface area contributed by atoms with Gasteiger partial charge in [0.2, 0.25) is 5.91 Å². The number of phenols is 1.